The van der Waals surface area contributed by atoms with Crippen LogP contribution >= 0.6 is 0 Å². The minimum Gasteiger partial charge on any atom is -0.761 e. The number of fused-ring (bicyclic) bond motifs is 1. The fourth-order valence-electron chi connectivity index (χ4n) is 1.54. The molecule has 0 saturated heterocycles. The molecule has 74 valence electrons. The van der Waals surface area contributed by atoms with E-state index in [4.69, 9.17) is 0 Å². The minimum atomic E-state index is 0.590. The molecule has 0 unspecified atom stereocenters. The molecule has 0 bridgehead atoms. The molecule has 4 heteroatoms. The third-order valence-electron chi connectivity index (χ3n) is 2.16. The molecule has 0 saturated carbocycles. The van der Waals surface area contributed by atoms with Crippen molar-refractivity contribution in [2.24, 2.45) is 0 Å². The van der Waals surface area contributed by atoms with Gasteiger partial charge in [0.2, 0.25) is 0 Å². The highest BCUT2D eigenvalue weighted by Crippen LogP contribution is 2.19. The molecule has 2 rings (SSSR count). The van der Waals surface area contributed by atoms with Crippen molar-refractivity contribution in [2.75, 3.05) is 12.5 Å². The first-order valence-electron chi connectivity index (χ1n) is 4.48. The van der Waals surface area contributed by atoms with Crippen LogP contribution in [0.5, 0.6) is 0 Å². The van der Waals surface area contributed by atoms with Gasteiger partial charge in [0.1, 0.15) is 0 Å². The smallest absolute Gasteiger partial charge is 0.0457 e. The van der Waals surface area contributed by atoms with Crippen LogP contribution in [0.1, 0.15) is 5.69 Å². The van der Waals surface area contributed by atoms with Gasteiger partial charge in [0, 0.05) is 28.8 Å². The highest BCUT2D eigenvalue weighted by molar-refractivity contribution is 5.84. The lowest BCUT2D eigenvalue weighted by Gasteiger charge is -2.07. The Morgan fingerprint density at radius 3 is 2.93 bits per heavy atom. The summed E-state index contributed by atoms with van der Waals surface area (Å²) in [5.74, 6) is 0. The maximum absolute atomic E-state index is 10.4. The molecular formula is C10H12N3O-. The molecule has 1 heterocycles. The van der Waals surface area contributed by atoms with E-state index in [9.17, 15) is 5.21 Å². The van der Waals surface area contributed by atoms with Gasteiger partial charge >= 0.3 is 0 Å². The Morgan fingerprint density at radius 1 is 1.36 bits per heavy atom. The Bertz CT molecular complexity index is 436. The molecule has 3 N–H and O–H groups in total. The van der Waals surface area contributed by atoms with Crippen LogP contribution in [-0.2, 0) is 6.54 Å². The van der Waals surface area contributed by atoms with E-state index in [1.807, 2.05) is 30.7 Å². The van der Waals surface area contributed by atoms with Crippen molar-refractivity contribution in [3.63, 3.8) is 0 Å². The summed E-state index contributed by atoms with van der Waals surface area (Å²) in [5.41, 5.74) is 4.64. The molecule has 0 fully saturated rings. The summed E-state index contributed by atoms with van der Waals surface area (Å²) in [7, 11) is 1.90. The average molecular weight is 190 g/mol. The molecule has 0 radical (unpaired) electrons. The van der Waals surface area contributed by atoms with Gasteiger partial charge in [-0.25, -0.2) is 0 Å². The SMILES string of the molecule is CNCc1cc2cc(N[O-])ccc2[nH]1. The van der Waals surface area contributed by atoms with Crippen molar-refractivity contribution in [1.82, 2.24) is 10.3 Å². The van der Waals surface area contributed by atoms with E-state index in [1.54, 1.807) is 6.07 Å². The van der Waals surface area contributed by atoms with Crippen molar-refractivity contribution in [2.45, 2.75) is 6.54 Å². The van der Waals surface area contributed by atoms with Crippen molar-refractivity contribution < 1.29 is 0 Å². The second kappa shape index (κ2) is 3.69. The van der Waals surface area contributed by atoms with Crippen LogP contribution in [0.3, 0.4) is 0 Å². The minimum absolute atomic E-state index is 0.590. The maximum Gasteiger partial charge on any atom is 0.0457 e. The summed E-state index contributed by atoms with van der Waals surface area (Å²) in [6.07, 6.45) is 0. The van der Waals surface area contributed by atoms with Gasteiger partial charge in [-0.2, -0.15) is 0 Å². The lowest BCUT2D eigenvalue weighted by molar-refractivity contribution is 0.800. The predicted molar refractivity (Wildman–Crippen MR) is 58.1 cm³/mol. The van der Waals surface area contributed by atoms with Gasteiger partial charge in [0.05, 0.1) is 0 Å². The van der Waals surface area contributed by atoms with Crippen LogP contribution in [0.25, 0.3) is 10.9 Å². The summed E-state index contributed by atoms with van der Waals surface area (Å²) in [6.45, 7) is 0.800. The number of hydrogen-bond acceptors (Lipinski definition) is 3. The average Bonchev–Trinajstić information content (AvgIpc) is 2.59. The zero-order valence-electron chi connectivity index (χ0n) is 7.92. The van der Waals surface area contributed by atoms with Crippen molar-refractivity contribution >= 4 is 16.6 Å². The molecule has 0 amide bonds. The molecule has 0 aliphatic carbocycles. The number of H-pyrrole nitrogens is 1. The molecule has 0 aliphatic rings. The van der Waals surface area contributed by atoms with Crippen molar-refractivity contribution in [1.29, 1.82) is 0 Å². The van der Waals surface area contributed by atoms with E-state index in [1.165, 1.54) is 0 Å². The third kappa shape index (κ3) is 1.57. The quantitative estimate of drug-likeness (QED) is 0.646. The first kappa shape index (κ1) is 9.05. The van der Waals surface area contributed by atoms with Crippen LogP contribution in [0, 0.1) is 5.21 Å². The monoisotopic (exact) mass is 190 g/mol. The summed E-state index contributed by atoms with van der Waals surface area (Å²) < 4.78 is 0. The summed E-state index contributed by atoms with van der Waals surface area (Å²) >= 11 is 0. The number of aromatic nitrogens is 1. The molecule has 2 aromatic rings. The molecular weight excluding hydrogens is 178 g/mol. The number of benzene rings is 1. The van der Waals surface area contributed by atoms with Crippen molar-refractivity contribution in [3.8, 4) is 0 Å². The van der Waals surface area contributed by atoms with Gasteiger partial charge < -0.3 is 21.0 Å². The molecule has 0 aliphatic heterocycles. The zero-order valence-corrected chi connectivity index (χ0v) is 7.92. The van der Waals surface area contributed by atoms with Gasteiger partial charge in [-0.1, -0.05) is 0 Å². The maximum atomic E-state index is 10.4. The predicted octanol–water partition coefficient (Wildman–Crippen LogP) is 1.80. The van der Waals surface area contributed by atoms with Crippen LogP contribution in [-0.4, -0.2) is 12.0 Å². The topological polar surface area (TPSA) is 62.9 Å². The first-order valence-corrected chi connectivity index (χ1v) is 4.48. The van der Waals surface area contributed by atoms with Gasteiger partial charge in [-0.3, -0.25) is 0 Å². The van der Waals surface area contributed by atoms with Crippen LogP contribution in [0.2, 0.25) is 0 Å². The molecule has 14 heavy (non-hydrogen) atoms. The zero-order chi connectivity index (χ0) is 9.97. The third-order valence-corrected chi connectivity index (χ3v) is 2.16. The van der Waals surface area contributed by atoms with Crippen LogP contribution < -0.4 is 10.8 Å². The molecule has 0 spiro atoms. The Labute approximate surface area is 81.9 Å². The lowest BCUT2D eigenvalue weighted by atomic mass is 10.2. The lowest BCUT2D eigenvalue weighted by Crippen LogP contribution is -2.04. The van der Waals surface area contributed by atoms with E-state index in [0.717, 1.165) is 23.1 Å². The van der Waals surface area contributed by atoms with Gasteiger partial charge in [-0.15, -0.1) is 0 Å². The number of anilines is 1. The fraction of sp³-hybridized carbons (Fsp3) is 0.200. The van der Waals surface area contributed by atoms with E-state index in [-0.39, 0.29) is 0 Å². The Morgan fingerprint density at radius 2 is 2.21 bits per heavy atom. The molecule has 4 nitrogen and oxygen atoms in total. The molecule has 1 aromatic heterocycles. The normalized spacial score (nSPS) is 10.7. The van der Waals surface area contributed by atoms with Gasteiger partial charge in [-0.05, 0) is 31.3 Å². The highest BCUT2D eigenvalue weighted by atomic mass is 16.5. The Hall–Kier alpha value is -1.52. The summed E-state index contributed by atoms with van der Waals surface area (Å²) in [6, 6.07) is 7.52. The highest BCUT2D eigenvalue weighted by Gasteiger charge is 1.99. The second-order valence-electron chi connectivity index (χ2n) is 3.23. The van der Waals surface area contributed by atoms with Gasteiger partial charge in [0.15, 0.2) is 0 Å². The van der Waals surface area contributed by atoms with Crippen LogP contribution in [0.15, 0.2) is 24.3 Å². The fourth-order valence-corrected chi connectivity index (χ4v) is 1.54. The van der Waals surface area contributed by atoms with Crippen LogP contribution in [0.4, 0.5) is 5.69 Å². The standard InChI is InChI=1S/C10H12N3O/c1-11-6-9-5-7-4-8(13-14)2-3-10(7)12-9/h2-5,11-13H,6H2,1H3/q-1. The molecule has 0 atom stereocenters. The number of rotatable bonds is 3. The second-order valence-corrected chi connectivity index (χ2v) is 3.23. The first-order chi connectivity index (χ1) is 6.83. The number of nitrogens with one attached hydrogen (secondary N) is 3. The number of hydrogen-bond donors (Lipinski definition) is 3. The van der Waals surface area contributed by atoms with E-state index >= 15 is 0 Å². The van der Waals surface area contributed by atoms with E-state index < -0.39 is 0 Å². The van der Waals surface area contributed by atoms with E-state index in [2.05, 4.69) is 10.3 Å². The Kier molecular flexibility index (Phi) is 2.39. The summed E-state index contributed by atoms with van der Waals surface area (Å²) in [4.78, 5) is 3.26. The molecule has 1 aromatic carbocycles. The summed E-state index contributed by atoms with van der Waals surface area (Å²) in [5, 5.41) is 14.6. The van der Waals surface area contributed by atoms with Crippen molar-refractivity contribution in [3.05, 3.63) is 35.2 Å². The Balaban J connectivity index is 2.43. The van der Waals surface area contributed by atoms with Gasteiger partial charge in [0.25, 0.3) is 0 Å². The largest absolute Gasteiger partial charge is 0.761 e. The number of aromatic amines is 1. The van der Waals surface area contributed by atoms with E-state index in [0.29, 0.717) is 5.69 Å².